The molecule has 138 valence electrons. The number of nitrogen functional groups attached to an aromatic ring is 1. The van der Waals surface area contributed by atoms with E-state index in [2.05, 4.69) is 15.3 Å². The first-order valence-corrected chi connectivity index (χ1v) is 9.35. The minimum Gasteiger partial charge on any atom is -0.501 e. The second-order valence-corrected chi connectivity index (χ2v) is 5.82. The highest BCUT2D eigenvalue weighted by Gasteiger charge is 2.21. The summed E-state index contributed by atoms with van der Waals surface area (Å²) in [6.45, 7) is 4.38. The second-order valence-electron chi connectivity index (χ2n) is 5.05. The van der Waals surface area contributed by atoms with Crippen molar-refractivity contribution in [2.45, 2.75) is 19.0 Å². The number of nitrogens with one attached hydrogen (secondary N) is 1. The normalized spacial score (nSPS) is 10.7. The van der Waals surface area contributed by atoms with Crippen LogP contribution in [0.15, 0.2) is 35.7 Å². The number of hydrogen-bond donors (Lipinski definition) is 2. The van der Waals surface area contributed by atoms with E-state index in [9.17, 15) is 4.79 Å². The molecule has 0 spiro atoms. The largest absolute Gasteiger partial charge is 0.501 e. The van der Waals surface area contributed by atoms with Gasteiger partial charge in [-0.25, -0.2) is 14.8 Å². The smallest absolute Gasteiger partial charge is 0.344 e. The molecule has 0 bridgehead atoms. The summed E-state index contributed by atoms with van der Waals surface area (Å²) < 4.78 is 10.4. The molecule has 0 saturated carbocycles. The van der Waals surface area contributed by atoms with Gasteiger partial charge >= 0.3 is 5.97 Å². The third-order valence-corrected chi connectivity index (χ3v) is 3.76. The van der Waals surface area contributed by atoms with Crippen LogP contribution in [0, 0.1) is 0 Å². The van der Waals surface area contributed by atoms with Crippen LogP contribution in [0.5, 0.6) is 0 Å². The van der Waals surface area contributed by atoms with Crippen molar-refractivity contribution in [2.75, 3.05) is 30.5 Å². The number of hydrogen-bond acceptors (Lipinski definition) is 8. The van der Waals surface area contributed by atoms with Crippen LogP contribution in [0.25, 0.3) is 6.08 Å². The molecule has 2 aromatic rings. The maximum atomic E-state index is 12.5. The molecule has 0 aliphatic rings. The van der Waals surface area contributed by atoms with E-state index in [0.717, 1.165) is 0 Å². The summed E-state index contributed by atoms with van der Waals surface area (Å²) in [5, 5.41) is 3.65. The molecule has 0 amide bonds. The summed E-state index contributed by atoms with van der Waals surface area (Å²) in [5.41, 5.74) is 7.80. The summed E-state index contributed by atoms with van der Waals surface area (Å²) in [4.78, 5) is 21.4. The van der Waals surface area contributed by atoms with Gasteiger partial charge in [-0.3, -0.25) is 0 Å². The lowest BCUT2D eigenvalue weighted by Crippen LogP contribution is -2.13. The Balaban J connectivity index is 2.54. The monoisotopic (exact) mass is 374 g/mol. The summed E-state index contributed by atoms with van der Waals surface area (Å²) in [5.74, 6) is -0.160. The third-order valence-electron chi connectivity index (χ3n) is 3.22. The van der Waals surface area contributed by atoms with Gasteiger partial charge in [0.25, 0.3) is 0 Å². The minimum absolute atomic E-state index is 0.239. The van der Waals surface area contributed by atoms with E-state index < -0.39 is 5.97 Å². The standard InChI is InChI=1S/C18H22N4O3S/c1-4-24-10-9-14-15(17(23)25-5-2)16(22-18(21-14)26-3)20-13-8-6-7-12(19)11-13/h6-11H,4-5,19H2,1-3H3,(H,20,21,22)/b10-9+. The molecule has 0 radical (unpaired) electrons. The van der Waals surface area contributed by atoms with Crippen LogP contribution in [-0.4, -0.2) is 35.4 Å². The SMILES string of the molecule is CCO/C=C/c1nc(SC)nc(Nc2cccc(N)c2)c1C(=O)OCC. The number of rotatable bonds is 8. The summed E-state index contributed by atoms with van der Waals surface area (Å²) >= 11 is 1.37. The van der Waals surface area contributed by atoms with Crippen molar-refractivity contribution in [3.8, 4) is 0 Å². The highest BCUT2D eigenvalue weighted by molar-refractivity contribution is 7.98. The first-order chi connectivity index (χ1) is 12.6. The number of aromatic nitrogens is 2. The van der Waals surface area contributed by atoms with Gasteiger partial charge in [0.15, 0.2) is 5.16 Å². The Morgan fingerprint density at radius 3 is 2.77 bits per heavy atom. The van der Waals surface area contributed by atoms with Gasteiger partial charge in [-0.2, -0.15) is 0 Å². The fourth-order valence-corrected chi connectivity index (χ4v) is 2.50. The molecule has 1 heterocycles. The van der Waals surface area contributed by atoms with Crippen molar-refractivity contribution < 1.29 is 14.3 Å². The van der Waals surface area contributed by atoms with Crippen molar-refractivity contribution in [1.82, 2.24) is 9.97 Å². The maximum absolute atomic E-state index is 12.5. The van der Waals surface area contributed by atoms with Gasteiger partial charge in [-0.15, -0.1) is 0 Å². The van der Waals surface area contributed by atoms with Crippen molar-refractivity contribution in [1.29, 1.82) is 0 Å². The van der Waals surface area contributed by atoms with Gasteiger partial charge in [0.1, 0.15) is 11.4 Å². The van der Waals surface area contributed by atoms with E-state index in [1.165, 1.54) is 18.0 Å². The number of esters is 1. The highest BCUT2D eigenvalue weighted by Crippen LogP contribution is 2.26. The lowest BCUT2D eigenvalue weighted by molar-refractivity contribution is 0.0526. The molecular formula is C18H22N4O3S. The average molecular weight is 374 g/mol. The maximum Gasteiger partial charge on any atom is 0.344 e. The Morgan fingerprint density at radius 1 is 1.31 bits per heavy atom. The number of thioether (sulfide) groups is 1. The zero-order valence-corrected chi connectivity index (χ0v) is 15.8. The fourth-order valence-electron chi connectivity index (χ4n) is 2.13. The molecule has 3 N–H and O–H groups in total. The lowest BCUT2D eigenvalue weighted by Gasteiger charge is -2.14. The van der Waals surface area contributed by atoms with E-state index >= 15 is 0 Å². The average Bonchev–Trinajstić information content (AvgIpc) is 2.61. The van der Waals surface area contributed by atoms with Gasteiger partial charge in [-0.1, -0.05) is 17.8 Å². The van der Waals surface area contributed by atoms with Crippen LogP contribution in [0.3, 0.4) is 0 Å². The van der Waals surface area contributed by atoms with E-state index in [0.29, 0.717) is 34.6 Å². The Kier molecular flexibility index (Phi) is 7.28. The van der Waals surface area contributed by atoms with Gasteiger partial charge in [0.05, 0.1) is 25.2 Å². The number of nitrogens with two attached hydrogens (primary N) is 1. The number of benzene rings is 1. The molecule has 0 unspecified atom stereocenters. The summed E-state index contributed by atoms with van der Waals surface area (Å²) in [6, 6.07) is 7.18. The summed E-state index contributed by atoms with van der Waals surface area (Å²) in [7, 11) is 0. The van der Waals surface area contributed by atoms with Crippen LogP contribution < -0.4 is 11.1 Å². The topological polar surface area (TPSA) is 99.4 Å². The first-order valence-electron chi connectivity index (χ1n) is 8.12. The molecule has 2 rings (SSSR count). The van der Waals surface area contributed by atoms with Crippen LogP contribution in [0.4, 0.5) is 17.2 Å². The van der Waals surface area contributed by atoms with Crippen LogP contribution in [0.1, 0.15) is 29.9 Å². The van der Waals surface area contributed by atoms with Gasteiger partial charge < -0.3 is 20.5 Å². The molecule has 0 aliphatic heterocycles. The van der Waals surface area contributed by atoms with E-state index in [4.69, 9.17) is 15.2 Å². The highest BCUT2D eigenvalue weighted by atomic mass is 32.2. The van der Waals surface area contributed by atoms with E-state index in [1.54, 1.807) is 25.1 Å². The number of carbonyl (C=O) groups excluding carboxylic acids is 1. The molecule has 26 heavy (non-hydrogen) atoms. The summed E-state index contributed by atoms with van der Waals surface area (Å²) in [6.07, 6.45) is 4.99. The van der Waals surface area contributed by atoms with Gasteiger partial charge in [-0.05, 0) is 44.4 Å². The van der Waals surface area contributed by atoms with E-state index in [1.807, 2.05) is 25.3 Å². The van der Waals surface area contributed by atoms with Gasteiger partial charge in [0, 0.05) is 11.4 Å². The minimum atomic E-state index is -0.511. The molecule has 1 aromatic carbocycles. The molecule has 8 heteroatoms. The second kappa shape index (κ2) is 9.67. The zero-order valence-electron chi connectivity index (χ0n) is 15.0. The zero-order chi connectivity index (χ0) is 18.9. The third kappa shape index (κ3) is 5.13. The predicted octanol–water partition coefficient (Wildman–Crippen LogP) is 3.71. The molecule has 0 fully saturated rings. The Morgan fingerprint density at radius 2 is 2.12 bits per heavy atom. The van der Waals surface area contributed by atoms with Crippen molar-refractivity contribution in [3.63, 3.8) is 0 Å². The number of ether oxygens (including phenoxy) is 2. The Bertz CT molecular complexity index is 796. The van der Waals surface area contributed by atoms with E-state index in [-0.39, 0.29) is 12.2 Å². The number of carbonyl (C=O) groups is 1. The number of nitrogens with zero attached hydrogens (tertiary/aromatic N) is 2. The van der Waals surface area contributed by atoms with Crippen molar-refractivity contribution in [2.24, 2.45) is 0 Å². The van der Waals surface area contributed by atoms with Gasteiger partial charge in [0.2, 0.25) is 0 Å². The fraction of sp³-hybridized carbons (Fsp3) is 0.278. The number of anilines is 3. The van der Waals surface area contributed by atoms with Crippen LogP contribution in [-0.2, 0) is 9.47 Å². The molecule has 0 atom stereocenters. The molecule has 1 aromatic heterocycles. The Hall–Kier alpha value is -2.74. The molecular weight excluding hydrogens is 352 g/mol. The molecule has 0 saturated heterocycles. The lowest BCUT2D eigenvalue weighted by atomic mass is 10.2. The van der Waals surface area contributed by atoms with Crippen LogP contribution >= 0.6 is 11.8 Å². The molecule has 7 nitrogen and oxygen atoms in total. The Labute approximate surface area is 157 Å². The van der Waals surface area contributed by atoms with Crippen LogP contribution in [0.2, 0.25) is 0 Å². The quantitative estimate of drug-likeness (QED) is 0.237. The van der Waals surface area contributed by atoms with Crippen molar-refractivity contribution in [3.05, 3.63) is 41.8 Å². The van der Waals surface area contributed by atoms with Crippen molar-refractivity contribution >= 4 is 41.0 Å². The first kappa shape index (κ1) is 19.6. The predicted molar refractivity (Wildman–Crippen MR) is 105 cm³/mol. The molecule has 0 aliphatic carbocycles.